The Kier molecular flexibility index (Phi) is 1.81. The van der Waals surface area contributed by atoms with Crippen molar-refractivity contribution in [2.24, 2.45) is 0 Å². The first-order valence-electron chi connectivity index (χ1n) is 3.81. The zero-order chi connectivity index (χ0) is 9.10. The molecule has 0 spiro atoms. The molecular formula is C10H6N3. The van der Waals surface area contributed by atoms with Gasteiger partial charge in [-0.1, -0.05) is 0 Å². The lowest BCUT2D eigenvalue weighted by Crippen LogP contribution is -1.88. The van der Waals surface area contributed by atoms with E-state index < -0.39 is 0 Å². The molecule has 0 aliphatic heterocycles. The highest BCUT2D eigenvalue weighted by Gasteiger charge is 1.94. The molecule has 0 aliphatic rings. The normalized spacial score (nSPS) is 9.46. The van der Waals surface area contributed by atoms with E-state index in [0.717, 1.165) is 5.69 Å². The fourth-order valence-corrected chi connectivity index (χ4v) is 1.07. The molecule has 61 valence electrons. The van der Waals surface area contributed by atoms with Crippen LogP contribution < -0.4 is 0 Å². The molecule has 0 amide bonds. The van der Waals surface area contributed by atoms with Crippen LogP contribution >= 0.6 is 0 Å². The Hall–Kier alpha value is -2.08. The molecule has 0 fully saturated rings. The third-order valence-corrected chi connectivity index (χ3v) is 1.75. The molecule has 2 aromatic rings. The second-order valence-electron chi connectivity index (χ2n) is 2.57. The number of imidazole rings is 1. The standard InChI is InChI=1S/C10H6N3/c11-7-9-1-3-10(4-2-9)13-6-5-12-8-13/h1-4,6,8H. The average molecular weight is 168 g/mol. The van der Waals surface area contributed by atoms with E-state index in [9.17, 15) is 0 Å². The molecule has 1 heterocycles. The molecule has 0 bridgehead atoms. The summed E-state index contributed by atoms with van der Waals surface area (Å²) < 4.78 is 1.83. The third kappa shape index (κ3) is 1.42. The minimum atomic E-state index is 0.660. The number of nitriles is 1. The first-order valence-corrected chi connectivity index (χ1v) is 3.81. The second kappa shape index (κ2) is 3.11. The number of rotatable bonds is 1. The van der Waals surface area contributed by atoms with Gasteiger partial charge in [0.2, 0.25) is 0 Å². The molecular weight excluding hydrogens is 162 g/mol. The summed E-state index contributed by atoms with van der Waals surface area (Å²) in [6, 6.07) is 9.35. The number of hydrogen-bond donors (Lipinski definition) is 0. The van der Waals surface area contributed by atoms with Crippen LogP contribution in [0, 0.1) is 17.5 Å². The van der Waals surface area contributed by atoms with E-state index in [1.165, 1.54) is 0 Å². The maximum Gasteiger partial charge on any atom is 0.109 e. The Morgan fingerprint density at radius 1 is 1.31 bits per heavy atom. The van der Waals surface area contributed by atoms with Crippen LogP contribution in [-0.2, 0) is 0 Å². The van der Waals surface area contributed by atoms with Gasteiger partial charge < -0.3 is 4.57 Å². The van der Waals surface area contributed by atoms with E-state index in [2.05, 4.69) is 17.3 Å². The highest BCUT2D eigenvalue weighted by Crippen LogP contribution is 2.07. The SMILES string of the molecule is N#Cc1ccc(-n2c[c]nc2)cc1. The molecule has 3 nitrogen and oxygen atoms in total. The van der Waals surface area contributed by atoms with Crippen molar-refractivity contribution in [3.8, 4) is 11.8 Å². The summed E-state index contributed by atoms with van der Waals surface area (Å²) in [5, 5.41) is 8.58. The lowest BCUT2D eigenvalue weighted by molar-refractivity contribution is 1.06. The van der Waals surface area contributed by atoms with Crippen molar-refractivity contribution in [2.75, 3.05) is 0 Å². The molecule has 0 saturated heterocycles. The Balaban J connectivity index is 2.40. The lowest BCUT2D eigenvalue weighted by atomic mass is 10.2. The van der Waals surface area contributed by atoms with Gasteiger partial charge in [-0.25, -0.2) is 4.98 Å². The molecule has 1 radical (unpaired) electrons. The van der Waals surface area contributed by atoms with Crippen LogP contribution in [0.4, 0.5) is 0 Å². The highest BCUT2D eigenvalue weighted by atomic mass is 15.0. The zero-order valence-corrected chi connectivity index (χ0v) is 6.81. The fraction of sp³-hybridized carbons (Fsp3) is 0. The van der Waals surface area contributed by atoms with Crippen LogP contribution in [0.3, 0.4) is 0 Å². The summed E-state index contributed by atoms with van der Waals surface area (Å²) in [6.07, 6.45) is 6.11. The molecule has 3 heteroatoms. The van der Waals surface area contributed by atoms with Gasteiger partial charge in [-0.05, 0) is 24.3 Å². The Labute approximate surface area is 75.9 Å². The predicted molar refractivity (Wildman–Crippen MR) is 47.1 cm³/mol. The molecule has 0 aliphatic carbocycles. The van der Waals surface area contributed by atoms with Crippen molar-refractivity contribution in [3.63, 3.8) is 0 Å². The number of nitrogens with zero attached hydrogens (tertiary/aromatic N) is 3. The van der Waals surface area contributed by atoms with Crippen LogP contribution in [0.25, 0.3) is 5.69 Å². The zero-order valence-electron chi connectivity index (χ0n) is 6.81. The molecule has 13 heavy (non-hydrogen) atoms. The van der Waals surface area contributed by atoms with Crippen molar-refractivity contribution < 1.29 is 0 Å². The predicted octanol–water partition coefficient (Wildman–Crippen LogP) is 1.54. The van der Waals surface area contributed by atoms with Gasteiger partial charge in [0.15, 0.2) is 0 Å². The van der Waals surface area contributed by atoms with Crippen LogP contribution in [-0.4, -0.2) is 9.55 Å². The van der Waals surface area contributed by atoms with Crippen molar-refractivity contribution in [3.05, 3.63) is 48.5 Å². The summed E-state index contributed by atoms with van der Waals surface area (Å²) >= 11 is 0. The Morgan fingerprint density at radius 2 is 2.08 bits per heavy atom. The van der Waals surface area contributed by atoms with Crippen LogP contribution in [0.15, 0.2) is 36.8 Å². The van der Waals surface area contributed by atoms with Gasteiger partial charge in [0.1, 0.15) is 6.20 Å². The highest BCUT2D eigenvalue weighted by molar-refractivity contribution is 5.39. The summed E-state index contributed by atoms with van der Waals surface area (Å²) in [5.74, 6) is 0. The van der Waals surface area contributed by atoms with E-state index in [0.29, 0.717) is 5.56 Å². The number of benzene rings is 1. The molecule has 2 rings (SSSR count). The number of hydrogen-bond acceptors (Lipinski definition) is 2. The Bertz CT molecular complexity index is 420. The van der Waals surface area contributed by atoms with Gasteiger partial charge in [0.25, 0.3) is 0 Å². The van der Waals surface area contributed by atoms with E-state index in [1.807, 2.05) is 16.7 Å². The maximum atomic E-state index is 8.58. The average Bonchev–Trinajstić information content (AvgIpc) is 2.71. The number of aromatic nitrogens is 2. The molecule has 1 aromatic carbocycles. The molecule has 0 unspecified atom stereocenters. The van der Waals surface area contributed by atoms with Gasteiger partial charge >= 0.3 is 0 Å². The van der Waals surface area contributed by atoms with Gasteiger partial charge in [-0.15, -0.1) is 0 Å². The van der Waals surface area contributed by atoms with Gasteiger partial charge in [-0.3, -0.25) is 0 Å². The van der Waals surface area contributed by atoms with E-state index in [4.69, 9.17) is 5.26 Å². The topological polar surface area (TPSA) is 41.6 Å². The summed E-state index contributed by atoms with van der Waals surface area (Å²) in [6.45, 7) is 0. The van der Waals surface area contributed by atoms with Crippen molar-refractivity contribution >= 4 is 0 Å². The summed E-state index contributed by atoms with van der Waals surface area (Å²) in [4.78, 5) is 3.81. The fourth-order valence-electron chi connectivity index (χ4n) is 1.07. The first kappa shape index (κ1) is 7.56. The quantitative estimate of drug-likeness (QED) is 0.648. The van der Waals surface area contributed by atoms with Gasteiger partial charge in [-0.2, -0.15) is 5.26 Å². The van der Waals surface area contributed by atoms with Gasteiger partial charge in [0, 0.05) is 11.9 Å². The van der Waals surface area contributed by atoms with E-state index in [1.54, 1.807) is 24.7 Å². The largest absolute Gasteiger partial charge is 0.306 e. The van der Waals surface area contributed by atoms with Gasteiger partial charge in [0.05, 0.1) is 18.0 Å². The van der Waals surface area contributed by atoms with Crippen LogP contribution in [0.1, 0.15) is 5.56 Å². The van der Waals surface area contributed by atoms with Crippen molar-refractivity contribution in [2.45, 2.75) is 0 Å². The maximum absolute atomic E-state index is 8.58. The van der Waals surface area contributed by atoms with Crippen LogP contribution in [0.5, 0.6) is 0 Å². The Morgan fingerprint density at radius 3 is 2.62 bits per heavy atom. The smallest absolute Gasteiger partial charge is 0.109 e. The van der Waals surface area contributed by atoms with Crippen molar-refractivity contribution in [1.29, 1.82) is 5.26 Å². The summed E-state index contributed by atoms with van der Waals surface area (Å²) in [7, 11) is 0. The molecule has 0 atom stereocenters. The molecule has 1 aromatic heterocycles. The minimum absolute atomic E-state index is 0.660. The first-order chi connectivity index (χ1) is 6.40. The van der Waals surface area contributed by atoms with E-state index >= 15 is 0 Å². The monoisotopic (exact) mass is 168 g/mol. The second-order valence-corrected chi connectivity index (χ2v) is 2.57. The summed E-state index contributed by atoms with van der Waals surface area (Å²) in [5.41, 5.74) is 1.64. The molecule has 0 N–H and O–H groups in total. The lowest BCUT2D eigenvalue weighted by Gasteiger charge is -1.99. The third-order valence-electron chi connectivity index (χ3n) is 1.75. The van der Waals surface area contributed by atoms with Crippen LogP contribution in [0.2, 0.25) is 0 Å². The minimum Gasteiger partial charge on any atom is -0.306 e. The van der Waals surface area contributed by atoms with Crippen molar-refractivity contribution in [1.82, 2.24) is 9.55 Å². The molecule has 0 saturated carbocycles. The van der Waals surface area contributed by atoms with E-state index in [-0.39, 0.29) is 0 Å².